The summed E-state index contributed by atoms with van der Waals surface area (Å²) in [5.74, 6) is 0. The van der Waals surface area contributed by atoms with Crippen LogP contribution in [0.3, 0.4) is 0 Å². The second-order valence-corrected chi connectivity index (χ2v) is 10.8. The molecular formula is C21H23Cl3SiTi. The van der Waals surface area contributed by atoms with Crippen LogP contribution in [0.15, 0.2) is 81.3 Å². The second-order valence-electron chi connectivity index (χ2n) is 6.71. The summed E-state index contributed by atoms with van der Waals surface area (Å²) in [4.78, 5) is 0. The number of allylic oxidation sites excluding steroid dienone is 4. The van der Waals surface area contributed by atoms with Crippen LogP contribution in [0, 0.1) is 0 Å². The molecule has 0 aromatic heterocycles. The van der Waals surface area contributed by atoms with E-state index in [1.54, 1.807) is 9.45 Å². The maximum Gasteiger partial charge on any atom is -1.00 e. The van der Waals surface area contributed by atoms with Crippen LogP contribution in [0.1, 0.15) is 27.7 Å². The van der Waals surface area contributed by atoms with Gasteiger partial charge in [-0.2, -0.15) is 0 Å². The van der Waals surface area contributed by atoms with Gasteiger partial charge in [0.25, 0.3) is 0 Å². The zero-order chi connectivity index (χ0) is 16.6. The number of benzene rings is 2. The van der Waals surface area contributed by atoms with Crippen LogP contribution in [0.2, 0.25) is 5.04 Å². The fraction of sp³-hybridized carbons (Fsp3) is 0.238. The predicted octanol–water partition coefficient (Wildman–Crippen LogP) is -5.03. The third-order valence-corrected chi connectivity index (χ3v) is 11.5. The molecule has 2 aromatic rings. The molecule has 0 amide bonds. The minimum atomic E-state index is -1.43. The Morgan fingerprint density at radius 1 is 0.692 bits per heavy atom. The Morgan fingerprint density at radius 2 is 1.08 bits per heavy atom. The molecule has 1 aliphatic carbocycles. The number of halogens is 3. The van der Waals surface area contributed by atoms with Gasteiger partial charge in [0.1, 0.15) is 0 Å². The van der Waals surface area contributed by atoms with Crippen molar-refractivity contribution in [3.63, 3.8) is 0 Å². The molecule has 0 aliphatic heterocycles. The average Bonchev–Trinajstić information content (AvgIpc) is 2.73. The molecule has 0 fully saturated rings. The normalized spacial score (nSPS) is 19.0. The van der Waals surface area contributed by atoms with E-state index in [1.165, 1.54) is 21.5 Å². The van der Waals surface area contributed by atoms with Crippen molar-refractivity contribution in [2.45, 2.75) is 32.7 Å². The number of hydrogen-bond donors (Lipinski definition) is 0. The summed E-state index contributed by atoms with van der Waals surface area (Å²) in [6.07, 6.45) is 0. The Kier molecular flexibility index (Phi) is 10.2. The van der Waals surface area contributed by atoms with Gasteiger partial charge in [-0.25, -0.2) is 0 Å². The van der Waals surface area contributed by atoms with Gasteiger partial charge in [-0.1, -0.05) is 0 Å². The van der Waals surface area contributed by atoms with Crippen molar-refractivity contribution >= 4 is 19.2 Å². The molecule has 0 saturated carbocycles. The van der Waals surface area contributed by atoms with Crippen molar-refractivity contribution in [2.75, 3.05) is 0 Å². The fourth-order valence-corrected chi connectivity index (χ4v) is 9.30. The summed E-state index contributed by atoms with van der Waals surface area (Å²) >= 11 is 2.35. The quantitative estimate of drug-likeness (QED) is 0.405. The van der Waals surface area contributed by atoms with Crippen LogP contribution in [0.25, 0.3) is 0 Å². The van der Waals surface area contributed by atoms with E-state index >= 15 is 0 Å². The standard InChI is InChI=1S/C21H23Si.3ClH.Ti/c1-16-15-21(4,18(3)17(16)2)22(19-11-7-5-8-12-19)20-13-9-6-10-14-20;;;;/h5-14,22H,1-4H3;3*1H;/q;;;;+3/p-3. The Hall–Kier alpha value is -0.279. The van der Waals surface area contributed by atoms with Crippen molar-refractivity contribution < 1.29 is 57.7 Å². The minimum Gasteiger partial charge on any atom is -1.00 e. The molecule has 26 heavy (non-hydrogen) atoms. The monoisotopic (exact) mass is 456 g/mol. The van der Waals surface area contributed by atoms with Crippen molar-refractivity contribution in [1.29, 1.82) is 0 Å². The van der Waals surface area contributed by atoms with Gasteiger partial charge in [0.15, 0.2) is 0 Å². The first-order chi connectivity index (χ1) is 11.0. The van der Waals surface area contributed by atoms with E-state index in [1.807, 2.05) is 0 Å². The molecule has 5 heteroatoms. The van der Waals surface area contributed by atoms with Crippen LogP contribution in [0.4, 0.5) is 0 Å². The molecule has 3 rings (SSSR count). The van der Waals surface area contributed by atoms with E-state index in [0.717, 1.165) is 0 Å². The predicted molar refractivity (Wildman–Crippen MR) is 98.7 cm³/mol. The van der Waals surface area contributed by atoms with Gasteiger partial charge in [0, 0.05) is 0 Å². The molecule has 2 aromatic carbocycles. The molecule has 0 bridgehead atoms. The summed E-state index contributed by atoms with van der Waals surface area (Å²) < 4.78 is 1.57. The molecule has 0 radical (unpaired) electrons. The molecule has 136 valence electrons. The van der Waals surface area contributed by atoms with Crippen LogP contribution < -0.4 is 47.6 Å². The van der Waals surface area contributed by atoms with Gasteiger partial charge in [-0.05, 0) is 0 Å². The van der Waals surface area contributed by atoms with E-state index in [-0.39, 0.29) is 42.3 Å². The summed E-state index contributed by atoms with van der Waals surface area (Å²) in [6, 6.07) is 22.3. The minimum absolute atomic E-state index is 0. The molecule has 1 atom stereocenters. The van der Waals surface area contributed by atoms with E-state index in [4.69, 9.17) is 0 Å². The van der Waals surface area contributed by atoms with Gasteiger partial charge in [-0.3, -0.25) is 0 Å². The Balaban J connectivity index is 0.00000208. The Labute approximate surface area is 189 Å². The smallest absolute Gasteiger partial charge is 1.00 e. The molecular weight excluding hydrogens is 435 g/mol. The van der Waals surface area contributed by atoms with Gasteiger partial charge in [0.2, 0.25) is 0 Å². The summed E-state index contributed by atoms with van der Waals surface area (Å²) in [7, 11) is -1.43. The van der Waals surface area contributed by atoms with Gasteiger partial charge in [0.05, 0.1) is 0 Å². The second kappa shape index (κ2) is 10.3. The zero-order valence-corrected chi connectivity index (χ0v) is 20.5. The number of rotatable bonds is 3. The third kappa shape index (κ3) is 4.24. The zero-order valence-electron chi connectivity index (χ0n) is 15.5. The van der Waals surface area contributed by atoms with Crippen LogP contribution in [0.5, 0.6) is 0 Å². The van der Waals surface area contributed by atoms with Gasteiger partial charge >= 0.3 is 154 Å². The van der Waals surface area contributed by atoms with Gasteiger partial charge < -0.3 is 37.2 Å². The molecule has 1 unspecified atom stereocenters. The SMILES string of the molecule is CC1=C(C)C(C)([SiH](c2ccccc2)c2ccccc2)[C]([Ti+3])=C1C.[Cl-].[Cl-].[Cl-]. The molecule has 0 heterocycles. The first kappa shape index (κ1) is 25.7. The Morgan fingerprint density at radius 3 is 1.38 bits per heavy atom. The topological polar surface area (TPSA) is 0 Å². The van der Waals surface area contributed by atoms with Gasteiger partial charge in [-0.15, -0.1) is 0 Å². The molecule has 0 nitrogen and oxygen atoms in total. The molecule has 1 aliphatic rings. The summed E-state index contributed by atoms with van der Waals surface area (Å²) in [6.45, 7) is 9.41. The van der Waals surface area contributed by atoms with Crippen molar-refractivity contribution in [3.05, 3.63) is 81.3 Å². The Bertz CT molecular complexity index is 722. The first-order valence-electron chi connectivity index (χ1n) is 8.19. The first-order valence-corrected chi connectivity index (χ1v) is 10.7. The molecule has 0 spiro atoms. The van der Waals surface area contributed by atoms with Crippen LogP contribution >= 0.6 is 0 Å². The molecule has 0 N–H and O–H groups in total. The van der Waals surface area contributed by atoms with E-state index < -0.39 is 8.80 Å². The van der Waals surface area contributed by atoms with E-state index in [9.17, 15) is 0 Å². The van der Waals surface area contributed by atoms with Crippen LogP contribution in [-0.4, -0.2) is 8.80 Å². The fourth-order valence-electron chi connectivity index (χ4n) is 3.95. The summed E-state index contributed by atoms with van der Waals surface area (Å²) in [5.41, 5.74) is 4.56. The van der Waals surface area contributed by atoms with Crippen molar-refractivity contribution in [1.82, 2.24) is 0 Å². The van der Waals surface area contributed by atoms with Crippen molar-refractivity contribution in [2.24, 2.45) is 0 Å². The number of hydrogen-bond acceptors (Lipinski definition) is 0. The van der Waals surface area contributed by atoms with E-state index in [2.05, 4.69) is 109 Å². The molecule has 0 saturated heterocycles. The summed E-state index contributed by atoms with van der Waals surface area (Å²) in [5, 5.41) is 3.24. The maximum absolute atomic E-state index is 2.48. The third-order valence-electron chi connectivity index (χ3n) is 5.64. The maximum atomic E-state index is 2.48. The average molecular weight is 458 g/mol. The van der Waals surface area contributed by atoms with Crippen LogP contribution in [-0.2, 0) is 20.4 Å². The van der Waals surface area contributed by atoms with Crippen molar-refractivity contribution in [3.8, 4) is 0 Å². The van der Waals surface area contributed by atoms with E-state index in [0.29, 0.717) is 0 Å². The largest absolute Gasteiger partial charge is 1.00 e.